The molecule has 2 fully saturated rings. The van der Waals surface area contributed by atoms with E-state index in [2.05, 4.69) is 69.1 Å². The quantitative estimate of drug-likeness (QED) is 0.104. The van der Waals surface area contributed by atoms with E-state index < -0.39 is 24.3 Å². The second-order valence-corrected chi connectivity index (χ2v) is 16.7. The SMILES string of the molecule is COC(=O)NC(C(=O)N1CCCC1c1ncc(-c2ccc3c(c2)COc2c-3ccc3cc(-c4cnc(C5CCCN5C(=O)C(NC(=O)OC)c5ccccc5)[nH]4)ccc23)[nH]1)c1ccccc1. The van der Waals surface area contributed by atoms with E-state index in [1.54, 1.807) is 22.2 Å². The number of ether oxygens (including phenoxy) is 3. The summed E-state index contributed by atoms with van der Waals surface area (Å²) in [6.07, 6.45) is 5.35. The summed E-state index contributed by atoms with van der Waals surface area (Å²) >= 11 is 0. The maximum absolute atomic E-state index is 14.0. The lowest BCUT2D eigenvalue weighted by Gasteiger charge is -2.28. The standard InChI is InChI=1S/C51H48N8O7/c1-64-50(62)56-43(30-11-5-3-6-12-30)48(60)58-23-9-15-41(58)46-52-27-39(54-46)33-19-21-37-32(25-33)17-22-38-36-20-18-34(26-35(36)29-66-45(37)38)40-28-53-47(55-40)42-16-10-24-59(42)49(61)44(57-51(63)65-2)31-13-7-4-8-14-31/h3-8,11-14,17-22,25-28,41-44H,9-10,15-16,23-24,29H2,1-2H3,(H,52,54)(H,53,55)(H,56,62)(H,57,63). The fourth-order valence-electron chi connectivity index (χ4n) is 9.62. The Balaban J connectivity index is 0.852. The van der Waals surface area contributed by atoms with Crippen LogP contribution in [0.3, 0.4) is 0 Å². The molecule has 2 saturated heterocycles. The van der Waals surface area contributed by atoms with Crippen molar-refractivity contribution in [2.45, 2.75) is 56.5 Å². The van der Waals surface area contributed by atoms with Crippen LogP contribution in [-0.4, -0.2) is 81.0 Å². The average Bonchev–Trinajstić information content (AvgIpc) is 4.22. The van der Waals surface area contributed by atoms with Gasteiger partial charge in [0.25, 0.3) is 11.8 Å². The largest absolute Gasteiger partial charge is 0.488 e. The second kappa shape index (κ2) is 17.9. The molecule has 10 rings (SSSR count). The van der Waals surface area contributed by atoms with E-state index >= 15 is 0 Å². The number of aromatic amines is 2. The van der Waals surface area contributed by atoms with Crippen LogP contribution in [0.15, 0.2) is 122 Å². The third-order valence-corrected chi connectivity index (χ3v) is 12.9. The Morgan fingerprint density at radius 3 is 1.71 bits per heavy atom. The number of carbonyl (C=O) groups is 4. The van der Waals surface area contributed by atoms with Crippen LogP contribution < -0.4 is 15.4 Å². The predicted octanol–water partition coefficient (Wildman–Crippen LogP) is 8.70. The lowest BCUT2D eigenvalue weighted by molar-refractivity contribution is -0.135. The highest BCUT2D eigenvalue weighted by Crippen LogP contribution is 2.44. The molecule has 4 atom stereocenters. The number of rotatable bonds is 10. The Morgan fingerprint density at radius 1 is 0.652 bits per heavy atom. The van der Waals surface area contributed by atoms with Gasteiger partial charge in [-0.05, 0) is 77.1 Å². The number of hydrogen-bond acceptors (Lipinski definition) is 9. The van der Waals surface area contributed by atoms with Crippen LogP contribution in [0.5, 0.6) is 5.75 Å². The van der Waals surface area contributed by atoms with E-state index in [0.717, 1.165) is 81.4 Å². The van der Waals surface area contributed by atoms with Crippen molar-refractivity contribution in [1.29, 1.82) is 0 Å². The third-order valence-electron chi connectivity index (χ3n) is 12.9. The Hall–Kier alpha value is -7.94. The van der Waals surface area contributed by atoms with Crippen LogP contribution in [0.2, 0.25) is 0 Å². The molecule has 3 aliphatic rings. The fraction of sp³-hybridized carbons (Fsp3) is 0.255. The molecule has 3 aliphatic heterocycles. The molecule has 66 heavy (non-hydrogen) atoms. The van der Waals surface area contributed by atoms with Crippen molar-refractivity contribution in [1.82, 2.24) is 40.4 Å². The van der Waals surface area contributed by atoms with E-state index in [1.807, 2.05) is 60.7 Å². The van der Waals surface area contributed by atoms with E-state index in [-0.39, 0.29) is 23.9 Å². The molecule has 5 aromatic carbocycles. The predicted molar refractivity (Wildman–Crippen MR) is 246 cm³/mol. The number of carbonyl (C=O) groups excluding carboxylic acids is 4. The number of likely N-dealkylation sites (tertiary alicyclic amines) is 2. The molecule has 0 aliphatic carbocycles. The number of H-pyrrole nitrogens is 2. The minimum atomic E-state index is -0.894. The van der Waals surface area contributed by atoms with Crippen LogP contribution in [0.4, 0.5) is 9.59 Å². The highest BCUT2D eigenvalue weighted by Gasteiger charge is 2.39. The molecule has 2 aromatic heterocycles. The Bertz CT molecular complexity index is 2950. The highest BCUT2D eigenvalue weighted by atomic mass is 16.5. The van der Waals surface area contributed by atoms with E-state index in [1.165, 1.54) is 14.2 Å². The Morgan fingerprint density at radius 2 is 1.17 bits per heavy atom. The summed E-state index contributed by atoms with van der Waals surface area (Å²) in [4.78, 5) is 72.7. The molecule has 15 heteroatoms. The summed E-state index contributed by atoms with van der Waals surface area (Å²) in [7, 11) is 2.56. The molecule has 4 unspecified atom stereocenters. The van der Waals surface area contributed by atoms with Gasteiger partial charge in [0.1, 0.15) is 36.1 Å². The van der Waals surface area contributed by atoms with Gasteiger partial charge >= 0.3 is 12.2 Å². The number of hydrogen-bond donors (Lipinski definition) is 4. The number of nitrogens with zero attached hydrogens (tertiary/aromatic N) is 4. The van der Waals surface area contributed by atoms with Crippen molar-refractivity contribution in [3.8, 4) is 39.4 Å². The maximum atomic E-state index is 14.0. The minimum Gasteiger partial charge on any atom is -0.488 e. The summed E-state index contributed by atoms with van der Waals surface area (Å²) in [6.45, 7) is 1.47. The second-order valence-electron chi connectivity index (χ2n) is 16.7. The van der Waals surface area contributed by atoms with Crippen molar-refractivity contribution in [2.75, 3.05) is 27.3 Å². The van der Waals surface area contributed by atoms with Crippen LogP contribution in [0.25, 0.3) is 44.4 Å². The number of nitrogens with one attached hydrogen (secondary N) is 4. The van der Waals surface area contributed by atoms with Gasteiger partial charge in [-0.2, -0.15) is 0 Å². The van der Waals surface area contributed by atoms with E-state index in [4.69, 9.17) is 24.2 Å². The fourth-order valence-corrected chi connectivity index (χ4v) is 9.62. The van der Waals surface area contributed by atoms with Crippen molar-refractivity contribution in [3.05, 3.63) is 150 Å². The molecule has 4 N–H and O–H groups in total. The van der Waals surface area contributed by atoms with Crippen molar-refractivity contribution < 1.29 is 33.4 Å². The number of alkyl carbamates (subject to hydrolysis) is 2. The topological polar surface area (TPSA) is 184 Å². The van der Waals surface area contributed by atoms with Crippen LogP contribution in [0.1, 0.15) is 78.2 Å². The van der Waals surface area contributed by atoms with Gasteiger partial charge in [-0.3, -0.25) is 9.59 Å². The molecule has 0 spiro atoms. The zero-order valence-electron chi connectivity index (χ0n) is 36.5. The number of benzene rings is 5. The number of amides is 4. The van der Waals surface area contributed by atoms with Gasteiger partial charge in [0.15, 0.2) is 0 Å². The molecule has 7 aromatic rings. The maximum Gasteiger partial charge on any atom is 0.407 e. The zero-order valence-corrected chi connectivity index (χ0v) is 36.5. The lowest BCUT2D eigenvalue weighted by Crippen LogP contribution is -2.42. The normalized spacial score (nSPS) is 17.3. The summed E-state index contributed by atoms with van der Waals surface area (Å²) in [6, 6.07) is 32.8. The first-order valence-electron chi connectivity index (χ1n) is 22.1. The molecule has 4 amide bonds. The van der Waals surface area contributed by atoms with Crippen molar-refractivity contribution in [2.24, 2.45) is 0 Å². The first-order valence-corrected chi connectivity index (χ1v) is 22.1. The molecular weight excluding hydrogens is 837 g/mol. The third kappa shape index (κ3) is 7.97. The van der Waals surface area contributed by atoms with Crippen LogP contribution in [0, 0.1) is 0 Å². The molecule has 334 valence electrons. The molecule has 0 radical (unpaired) electrons. The summed E-state index contributed by atoms with van der Waals surface area (Å²) in [5.74, 6) is 1.76. The molecule has 0 bridgehead atoms. The van der Waals surface area contributed by atoms with Gasteiger partial charge in [0.05, 0.1) is 50.1 Å². The van der Waals surface area contributed by atoms with Gasteiger partial charge in [-0.1, -0.05) is 91.0 Å². The van der Waals surface area contributed by atoms with Crippen LogP contribution in [-0.2, 0) is 25.7 Å². The number of aromatic nitrogens is 4. The van der Waals surface area contributed by atoms with Crippen molar-refractivity contribution in [3.63, 3.8) is 0 Å². The summed E-state index contributed by atoms with van der Waals surface area (Å²) in [5, 5.41) is 7.45. The molecule has 15 nitrogen and oxygen atoms in total. The van der Waals surface area contributed by atoms with E-state index in [0.29, 0.717) is 42.5 Å². The van der Waals surface area contributed by atoms with Gasteiger partial charge in [0.2, 0.25) is 0 Å². The average molecular weight is 885 g/mol. The molecular formula is C51H48N8O7. The smallest absolute Gasteiger partial charge is 0.407 e. The first-order chi connectivity index (χ1) is 32.3. The van der Waals surface area contributed by atoms with Gasteiger partial charge in [-0.25, -0.2) is 19.6 Å². The Labute approximate surface area is 380 Å². The van der Waals surface area contributed by atoms with Gasteiger partial charge in [-0.15, -0.1) is 0 Å². The summed E-state index contributed by atoms with van der Waals surface area (Å²) < 4.78 is 16.2. The monoisotopic (exact) mass is 884 g/mol. The lowest BCUT2D eigenvalue weighted by atomic mass is 9.92. The minimum absolute atomic E-state index is 0.220. The number of methoxy groups -OCH3 is 2. The zero-order chi connectivity index (χ0) is 45.3. The highest BCUT2D eigenvalue weighted by molar-refractivity contribution is 5.98. The first kappa shape index (κ1) is 42.0. The Kier molecular flexibility index (Phi) is 11.4. The van der Waals surface area contributed by atoms with Gasteiger partial charge < -0.3 is 44.6 Å². The number of fused-ring (bicyclic) bond motifs is 5. The molecule has 0 saturated carbocycles. The van der Waals surface area contributed by atoms with Gasteiger partial charge in [0, 0.05) is 29.6 Å². The number of imidazole rings is 2. The van der Waals surface area contributed by atoms with E-state index in [9.17, 15) is 19.2 Å². The van der Waals surface area contributed by atoms with Crippen molar-refractivity contribution >= 4 is 34.8 Å². The summed E-state index contributed by atoms with van der Waals surface area (Å²) in [5.41, 5.74) is 8.05. The van der Waals surface area contributed by atoms with Crippen LogP contribution >= 0.6 is 0 Å². The molecule has 5 heterocycles.